The number of carbonyl (C=O) groups is 1. The first-order chi connectivity index (χ1) is 11.5. The van der Waals surface area contributed by atoms with Crippen molar-refractivity contribution in [3.05, 3.63) is 34.4 Å². The molecule has 0 saturated carbocycles. The maximum atomic E-state index is 12.3. The highest BCUT2D eigenvalue weighted by Gasteiger charge is 2.23. The van der Waals surface area contributed by atoms with Crippen molar-refractivity contribution in [2.45, 2.75) is 49.3 Å². The molecule has 132 valence electrons. The van der Waals surface area contributed by atoms with E-state index in [0.717, 1.165) is 37.4 Å². The second-order valence-corrected chi connectivity index (χ2v) is 7.55. The molecule has 7 heteroatoms. The van der Waals surface area contributed by atoms with E-state index < -0.39 is 4.92 Å². The molecule has 0 radical (unpaired) electrons. The number of hydrogen-bond acceptors (Lipinski definition) is 5. The lowest BCUT2D eigenvalue weighted by Crippen LogP contribution is -2.46. The number of nitro groups is 1. The lowest BCUT2D eigenvalue weighted by atomic mass is 10.0. The van der Waals surface area contributed by atoms with Crippen LogP contribution < -0.4 is 5.32 Å². The molecule has 1 aliphatic rings. The van der Waals surface area contributed by atoms with E-state index in [1.54, 1.807) is 12.1 Å². The van der Waals surface area contributed by atoms with Crippen molar-refractivity contribution in [2.75, 3.05) is 19.6 Å². The summed E-state index contributed by atoms with van der Waals surface area (Å²) < 4.78 is 0. The molecule has 1 unspecified atom stereocenters. The molecule has 0 aromatic heterocycles. The van der Waals surface area contributed by atoms with Crippen LogP contribution in [0.2, 0.25) is 0 Å². The van der Waals surface area contributed by atoms with Gasteiger partial charge in [-0.3, -0.25) is 14.9 Å². The van der Waals surface area contributed by atoms with Crippen molar-refractivity contribution >= 4 is 23.4 Å². The zero-order valence-corrected chi connectivity index (χ0v) is 15.1. The summed E-state index contributed by atoms with van der Waals surface area (Å²) in [5, 5.41) is 13.6. The number of hydrogen-bond donors (Lipinski definition) is 1. The minimum atomic E-state index is -0.421. The summed E-state index contributed by atoms with van der Waals surface area (Å²) in [6, 6.07) is 6.57. The zero-order valence-electron chi connectivity index (χ0n) is 14.2. The second-order valence-electron chi connectivity index (χ2n) is 6.14. The number of piperidine rings is 1. The summed E-state index contributed by atoms with van der Waals surface area (Å²) in [6.45, 7) is 7.27. The summed E-state index contributed by atoms with van der Waals surface area (Å²) in [4.78, 5) is 25.9. The van der Waals surface area contributed by atoms with Gasteiger partial charge in [-0.1, -0.05) is 6.92 Å². The smallest absolute Gasteiger partial charge is 0.269 e. The minimum Gasteiger partial charge on any atom is -0.352 e. The number of rotatable bonds is 7. The third-order valence-electron chi connectivity index (χ3n) is 4.20. The van der Waals surface area contributed by atoms with Gasteiger partial charge < -0.3 is 10.2 Å². The fourth-order valence-electron chi connectivity index (χ4n) is 2.84. The number of benzene rings is 1. The van der Waals surface area contributed by atoms with Gasteiger partial charge in [-0.25, -0.2) is 0 Å². The monoisotopic (exact) mass is 351 g/mol. The van der Waals surface area contributed by atoms with Crippen molar-refractivity contribution < 1.29 is 9.72 Å². The first-order valence-electron chi connectivity index (χ1n) is 8.43. The van der Waals surface area contributed by atoms with E-state index in [1.165, 1.54) is 30.3 Å². The average molecular weight is 351 g/mol. The Morgan fingerprint density at radius 1 is 1.38 bits per heavy atom. The van der Waals surface area contributed by atoms with Gasteiger partial charge in [0.1, 0.15) is 0 Å². The fraction of sp³-hybridized carbons (Fsp3) is 0.588. The van der Waals surface area contributed by atoms with Crippen LogP contribution in [0.5, 0.6) is 0 Å². The number of amides is 1. The quantitative estimate of drug-likeness (QED) is 0.464. The highest BCUT2D eigenvalue weighted by Crippen LogP contribution is 2.25. The Bertz CT molecular complexity index is 557. The molecule has 1 fully saturated rings. The molecule has 1 saturated heterocycles. The van der Waals surface area contributed by atoms with E-state index in [0.29, 0.717) is 0 Å². The molecule has 2 rings (SSSR count). The van der Waals surface area contributed by atoms with Crippen LogP contribution in [-0.2, 0) is 4.79 Å². The number of thioether (sulfide) groups is 1. The lowest BCUT2D eigenvalue weighted by molar-refractivity contribution is -0.384. The topological polar surface area (TPSA) is 75.5 Å². The SMILES string of the molecule is CCCN1CCC(NC(=O)C(C)Sc2ccc([N+](=O)[O-])cc2)CC1. The van der Waals surface area contributed by atoms with Gasteiger partial charge in [-0.15, -0.1) is 11.8 Å². The number of nitro benzene ring substituents is 1. The maximum Gasteiger partial charge on any atom is 0.269 e. The van der Waals surface area contributed by atoms with Gasteiger partial charge in [0.05, 0.1) is 10.2 Å². The van der Waals surface area contributed by atoms with E-state index in [1.807, 2.05) is 6.92 Å². The lowest BCUT2D eigenvalue weighted by Gasteiger charge is -2.32. The Labute approximate surface area is 147 Å². The largest absolute Gasteiger partial charge is 0.352 e. The number of likely N-dealkylation sites (tertiary alicyclic amines) is 1. The normalized spacial score (nSPS) is 17.4. The molecule has 1 aliphatic heterocycles. The van der Waals surface area contributed by atoms with E-state index >= 15 is 0 Å². The number of nitrogens with one attached hydrogen (secondary N) is 1. The van der Waals surface area contributed by atoms with Gasteiger partial charge in [0.15, 0.2) is 0 Å². The highest BCUT2D eigenvalue weighted by atomic mass is 32.2. The Kier molecular flexibility index (Phi) is 7.05. The van der Waals surface area contributed by atoms with Crippen LogP contribution in [0.4, 0.5) is 5.69 Å². The third kappa shape index (κ3) is 5.49. The molecule has 1 heterocycles. The Balaban J connectivity index is 1.79. The zero-order chi connectivity index (χ0) is 17.5. The molecule has 1 aromatic carbocycles. The van der Waals surface area contributed by atoms with Gasteiger partial charge in [0.25, 0.3) is 5.69 Å². The molecule has 0 spiro atoms. The first-order valence-corrected chi connectivity index (χ1v) is 9.31. The van der Waals surface area contributed by atoms with Crippen molar-refractivity contribution in [3.63, 3.8) is 0 Å². The minimum absolute atomic E-state index is 0.0345. The molecule has 1 amide bonds. The molecule has 24 heavy (non-hydrogen) atoms. The Morgan fingerprint density at radius 2 is 2.00 bits per heavy atom. The highest BCUT2D eigenvalue weighted by molar-refractivity contribution is 8.00. The molecule has 6 nitrogen and oxygen atoms in total. The number of nitrogens with zero attached hydrogens (tertiary/aromatic N) is 2. The fourth-order valence-corrected chi connectivity index (χ4v) is 3.72. The molecule has 0 bridgehead atoms. The van der Waals surface area contributed by atoms with Gasteiger partial charge in [-0.05, 0) is 44.9 Å². The van der Waals surface area contributed by atoms with E-state index in [-0.39, 0.29) is 22.9 Å². The maximum absolute atomic E-state index is 12.3. The Morgan fingerprint density at radius 3 is 2.54 bits per heavy atom. The van der Waals surface area contributed by atoms with E-state index in [2.05, 4.69) is 17.1 Å². The number of non-ortho nitro benzene ring substituents is 1. The van der Waals surface area contributed by atoms with Crippen molar-refractivity contribution in [1.29, 1.82) is 0 Å². The molecular formula is C17H25N3O3S. The Hall–Kier alpha value is -1.60. The summed E-state index contributed by atoms with van der Waals surface area (Å²) in [7, 11) is 0. The van der Waals surface area contributed by atoms with Crippen LogP contribution in [0, 0.1) is 10.1 Å². The summed E-state index contributed by atoms with van der Waals surface area (Å²) in [5.74, 6) is 0.0345. The van der Waals surface area contributed by atoms with Crippen LogP contribution >= 0.6 is 11.8 Å². The summed E-state index contributed by atoms with van der Waals surface area (Å²) in [5.41, 5.74) is 0.0651. The van der Waals surface area contributed by atoms with Crippen LogP contribution in [0.1, 0.15) is 33.1 Å². The van der Waals surface area contributed by atoms with E-state index in [4.69, 9.17) is 0 Å². The molecular weight excluding hydrogens is 326 g/mol. The standard InChI is InChI=1S/C17H25N3O3S/c1-3-10-19-11-8-14(9-12-19)18-17(21)13(2)24-16-6-4-15(5-7-16)20(22)23/h4-7,13-14H,3,8-12H2,1-2H3,(H,18,21). The predicted octanol–water partition coefficient (Wildman–Crippen LogP) is 3.07. The van der Waals surface area contributed by atoms with Crippen LogP contribution in [0.15, 0.2) is 29.2 Å². The van der Waals surface area contributed by atoms with Gasteiger partial charge in [0, 0.05) is 36.2 Å². The third-order valence-corrected chi connectivity index (χ3v) is 5.32. The molecule has 1 aromatic rings. The first kappa shape index (κ1) is 18.7. The van der Waals surface area contributed by atoms with Crippen LogP contribution in [-0.4, -0.2) is 46.7 Å². The molecule has 1 N–H and O–H groups in total. The van der Waals surface area contributed by atoms with Crippen molar-refractivity contribution in [3.8, 4) is 0 Å². The predicted molar refractivity (Wildman–Crippen MR) is 96.3 cm³/mol. The van der Waals surface area contributed by atoms with Crippen LogP contribution in [0.25, 0.3) is 0 Å². The van der Waals surface area contributed by atoms with Gasteiger partial charge >= 0.3 is 0 Å². The van der Waals surface area contributed by atoms with Crippen molar-refractivity contribution in [2.24, 2.45) is 0 Å². The molecule has 1 atom stereocenters. The summed E-state index contributed by atoms with van der Waals surface area (Å²) >= 11 is 1.42. The summed E-state index contributed by atoms with van der Waals surface area (Å²) in [6.07, 6.45) is 3.17. The molecule has 0 aliphatic carbocycles. The second kappa shape index (κ2) is 9.03. The van der Waals surface area contributed by atoms with Crippen LogP contribution in [0.3, 0.4) is 0 Å². The average Bonchev–Trinajstić information content (AvgIpc) is 2.57. The van der Waals surface area contributed by atoms with Gasteiger partial charge in [-0.2, -0.15) is 0 Å². The van der Waals surface area contributed by atoms with E-state index in [9.17, 15) is 14.9 Å². The van der Waals surface area contributed by atoms with Crippen molar-refractivity contribution in [1.82, 2.24) is 10.2 Å². The number of carbonyl (C=O) groups excluding carboxylic acids is 1. The van der Waals surface area contributed by atoms with Gasteiger partial charge in [0.2, 0.25) is 5.91 Å².